The van der Waals surface area contributed by atoms with Crippen molar-refractivity contribution in [2.75, 3.05) is 30.9 Å². The van der Waals surface area contributed by atoms with E-state index in [0.717, 1.165) is 47.5 Å². The van der Waals surface area contributed by atoms with Crippen molar-refractivity contribution in [3.05, 3.63) is 41.2 Å². The molecule has 1 aromatic carbocycles. The SMILES string of the molecule is COCCCNc1cc(Nc2cccc(Cl)c2C)ncn1. The molecule has 5 nitrogen and oxygen atoms in total. The van der Waals surface area contributed by atoms with Gasteiger partial charge in [-0.05, 0) is 31.0 Å². The zero-order chi connectivity index (χ0) is 15.1. The first-order valence-corrected chi connectivity index (χ1v) is 7.15. The van der Waals surface area contributed by atoms with Crippen molar-refractivity contribution in [2.45, 2.75) is 13.3 Å². The number of methoxy groups -OCH3 is 1. The minimum absolute atomic E-state index is 0.726. The monoisotopic (exact) mass is 306 g/mol. The topological polar surface area (TPSA) is 59.1 Å². The fourth-order valence-corrected chi connectivity index (χ4v) is 2.01. The molecule has 0 atom stereocenters. The van der Waals surface area contributed by atoms with Gasteiger partial charge in [-0.1, -0.05) is 17.7 Å². The number of anilines is 3. The van der Waals surface area contributed by atoms with Crippen molar-refractivity contribution in [1.82, 2.24) is 9.97 Å². The quantitative estimate of drug-likeness (QED) is 0.765. The average Bonchev–Trinajstić information content (AvgIpc) is 2.49. The maximum absolute atomic E-state index is 6.11. The summed E-state index contributed by atoms with van der Waals surface area (Å²) >= 11 is 6.11. The van der Waals surface area contributed by atoms with E-state index >= 15 is 0 Å². The highest BCUT2D eigenvalue weighted by molar-refractivity contribution is 6.31. The number of halogens is 1. The van der Waals surface area contributed by atoms with Crippen LogP contribution in [0.1, 0.15) is 12.0 Å². The Labute approximate surface area is 129 Å². The summed E-state index contributed by atoms with van der Waals surface area (Å²) in [5, 5.41) is 7.22. The molecule has 0 bridgehead atoms. The predicted molar refractivity (Wildman–Crippen MR) is 86.5 cm³/mol. The van der Waals surface area contributed by atoms with E-state index in [1.165, 1.54) is 6.33 Å². The fraction of sp³-hybridized carbons (Fsp3) is 0.333. The smallest absolute Gasteiger partial charge is 0.135 e. The summed E-state index contributed by atoms with van der Waals surface area (Å²) < 4.78 is 5.01. The van der Waals surface area contributed by atoms with Gasteiger partial charge in [0.1, 0.15) is 18.0 Å². The van der Waals surface area contributed by atoms with Crippen LogP contribution >= 0.6 is 11.6 Å². The minimum atomic E-state index is 0.726. The maximum atomic E-state index is 6.11. The number of benzene rings is 1. The Morgan fingerprint density at radius 1 is 1.24 bits per heavy atom. The summed E-state index contributed by atoms with van der Waals surface area (Å²) in [6, 6.07) is 7.61. The summed E-state index contributed by atoms with van der Waals surface area (Å²) in [5.41, 5.74) is 1.93. The lowest BCUT2D eigenvalue weighted by molar-refractivity contribution is 0.198. The average molecular weight is 307 g/mol. The maximum Gasteiger partial charge on any atom is 0.135 e. The second kappa shape index (κ2) is 7.81. The van der Waals surface area contributed by atoms with Crippen molar-refractivity contribution < 1.29 is 4.74 Å². The molecule has 0 spiro atoms. The second-order valence-corrected chi connectivity index (χ2v) is 5.01. The lowest BCUT2D eigenvalue weighted by atomic mass is 10.2. The van der Waals surface area contributed by atoms with E-state index in [9.17, 15) is 0 Å². The van der Waals surface area contributed by atoms with E-state index in [-0.39, 0.29) is 0 Å². The molecule has 0 aliphatic carbocycles. The van der Waals surface area contributed by atoms with Gasteiger partial charge in [-0.2, -0.15) is 0 Å². The largest absolute Gasteiger partial charge is 0.385 e. The second-order valence-electron chi connectivity index (χ2n) is 4.60. The molecule has 112 valence electrons. The zero-order valence-corrected chi connectivity index (χ0v) is 12.9. The van der Waals surface area contributed by atoms with Gasteiger partial charge in [0.25, 0.3) is 0 Å². The third-order valence-electron chi connectivity index (χ3n) is 3.03. The molecular weight excluding hydrogens is 288 g/mol. The summed E-state index contributed by atoms with van der Waals surface area (Å²) in [4.78, 5) is 8.41. The van der Waals surface area contributed by atoms with Gasteiger partial charge in [-0.15, -0.1) is 0 Å². The first-order chi connectivity index (χ1) is 10.2. The summed E-state index contributed by atoms with van der Waals surface area (Å²) in [6.07, 6.45) is 2.46. The van der Waals surface area contributed by atoms with Gasteiger partial charge in [-0.25, -0.2) is 9.97 Å². The molecule has 2 N–H and O–H groups in total. The molecule has 0 saturated carbocycles. The lowest BCUT2D eigenvalue weighted by Gasteiger charge is -2.11. The van der Waals surface area contributed by atoms with Gasteiger partial charge >= 0.3 is 0 Å². The minimum Gasteiger partial charge on any atom is -0.385 e. The molecule has 21 heavy (non-hydrogen) atoms. The number of nitrogens with one attached hydrogen (secondary N) is 2. The van der Waals surface area contributed by atoms with Crippen molar-refractivity contribution in [3.8, 4) is 0 Å². The van der Waals surface area contributed by atoms with Gasteiger partial charge in [0.15, 0.2) is 0 Å². The number of nitrogens with zero attached hydrogens (tertiary/aromatic N) is 2. The Kier molecular flexibility index (Phi) is 5.78. The van der Waals surface area contributed by atoms with E-state index in [0.29, 0.717) is 0 Å². The normalized spacial score (nSPS) is 10.4. The molecule has 0 saturated heterocycles. The fourth-order valence-electron chi connectivity index (χ4n) is 1.84. The Morgan fingerprint density at radius 3 is 2.86 bits per heavy atom. The van der Waals surface area contributed by atoms with Gasteiger partial charge in [0.05, 0.1) is 0 Å². The van der Waals surface area contributed by atoms with Gasteiger partial charge in [0, 0.05) is 37.0 Å². The molecule has 0 aliphatic rings. The molecule has 0 unspecified atom stereocenters. The standard InChI is InChI=1S/C15H19ClN4O/c1-11-12(16)5-3-6-13(11)20-15-9-14(18-10-19-15)17-7-4-8-21-2/h3,5-6,9-10H,4,7-8H2,1-2H3,(H2,17,18,19,20). The summed E-state index contributed by atoms with van der Waals surface area (Å²) in [7, 11) is 1.69. The van der Waals surface area contributed by atoms with Crippen LogP contribution in [0.5, 0.6) is 0 Å². The van der Waals surface area contributed by atoms with Gasteiger partial charge < -0.3 is 15.4 Å². The number of rotatable bonds is 7. The van der Waals surface area contributed by atoms with Crippen molar-refractivity contribution in [3.63, 3.8) is 0 Å². The molecule has 0 amide bonds. The number of ether oxygens (including phenoxy) is 1. The molecule has 0 fully saturated rings. The van der Waals surface area contributed by atoms with E-state index in [1.54, 1.807) is 7.11 Å². The third kappa shape index (κ3) is 4.58. The van der Waals surface area contributed by atoms with E-state index in [2.05, 4.69) is 20.6 Å². The number of aromatic nitrogens is 2. The molecule has 6 heteroatoms. The molecule has 0 aliphatic heterocycles. The molecule has 1 aromatic heterocycles. The first kappa shape index (κ1) is 15.5. The first-order valence-electron chi connectivity index (χ1n) is 6.77. The van der Waals surface area contributed by atoms with Crippen LogP contribution in [0.15, 0.2) is 30.6 Å². The van der Waals surface area contributed by atoms with E-state index in [1.807, 2.05) is 31.2 Å². The molecular formula is C15H19ClN4O. The van der Waals surface area contributed by atoms with Crippen LogP contribution in [0.2, 0.25) is 5.02 Å². The predicted octanol–water partition coefficient (Wildman–Crippen LogP) is 3.63. The number of hydrogen-bond donors (Lipinski definition) is 2. The van der Waals surface area contributed by atoms with Crippen LogP contribution in [-0.2, 0) is 4.74 Å². The Bertz CT molecular complexity index is 592. The highest BCUT2D eigenvalue weighted by Gasteiger charge is 2.04. The molecule has 2 rings (SSSR count). The van der Waals surface area contributed by atoms with E-state index < -0.39 is 0 Å². The van der Waals surface area contributed by atoms with Crippen LogP contribution in [0.3, 0.4) is 0 Å². The van der Waals surface area contributed by atoms with Crippen LogP contribution in [-0.4, -0.2) is 30.2 Å². The molecule has 2 aromatic rings. The van der Waals surface area contributed by atoms with Gasteiger partial charge in [-0.3, -0.25) is 0 Å². The highest BCUT2D eigenvalue weighted by Crippen LogP contribution is 2.25. The zero-order valence-electron chi connectivity index (χ0n) is 12.2. The Morgan fingerprint density at radius 2 is 2.05 bits per heavy atom. The van der Waals surface area contributed by atoms with E-state index in [4.69, 9.17) is 16.3 Å². The third-order valence-corrected chi connectivity index (χ3v) is 3.44. The highest BCUT2D eigenvalue weighted by atomic mass is 35.5. The Hall–Kier alpha value is -1.85. The number of hydrogen-bond acceptors (Lipinski definition) is 5. The molecule has 0 radical (unpaired) electrons. The lowest BCUT2D eigenvalue weighted by Crippen LogP contribution is -2.07. The Balaban J connectivity index is 2.02. The van der Waals surface area contributed by atoms with Crippen molar-refractivity contribution in [1.29, 1.82) is 0 Å². The van der Waals surface area contributed by atoms with Crippen molar-refractivity contribution in [2.24, 2.45) is 0 Å². The van der Waals surface area contributed by atoms with Crippen LogP contribution in [0.4, 0.5) is 17.3 Å². The molecule has 1 heterocycles. The summed E-state index contributed by atoms with van der Waals surface area (Å²) in [5.74, 6) is 1.51. The van der Waals surface area contributed by atoms with Crippen LogP contribution in [0.25, 0.3) is 0 Å². The summed E-state index contributed by atoms with van der Waals surface area (Å²) in [6.45, 7) is 3.50. The van der Waals surface area contributed by atoms with Crippen LogP contribution in [0, 0.1) is 6.92 Å². The van der Waals surface area contributed by atoms with Gasteiger partial charge in [0.2, 0.25) is 0 Å². The van der Waals surface area contributed by atoms with Crippen LogP contribution < -0.4 is 10.6 Å². The van der Waals surface area contributed by atoms with Crippen molar-refractivity contribution >= 4 is 28.9 Å².